The molecule has 1 aromatic carbocycles. The second kappa shape index (κ2) is 6.22. The van der Waals surface area contributed by atoms with E-state index in [1.54, 1.807) is 29.2 Å². The lowest BCUT2D eigenvalue weighted by Crippen LogP contribution is -2.44. The van der Waals surface area contributed by atoms with Crippen LogP contribution in [-0.2, 0) is 9.53 Å². The molecule has 2 aromatic rings. The normalized spacial score (nSPS) is 18.5. The standard InChI is InChI=1S/C15H14ClNO4S/c1-20-15(19)13-8-17(4-5-22-13)14(18)12-7-9-6-10(16)2-3-11(9)21-12/h2-3,6-7,13H,4-5,8H2,1H3/t13-/m1/s1. The molecule has 2 heterocycles. The number of carbonyl (C=O) groups is 2. The van der Waals surface area contributed by atoms with Crippen LogP contribution in [0.3, 0.4) is 0 Å². The quantitative estimate of drug-likeness (QED) is 0.787. The number of rotatable bonds is 2. The predicted octanol–water partition coefficient (Wildman–Crippen LogP) is 2.82. The lowest BCUT2D eigenvalue weighted by molar-refractivity contribution is -0.140. The highest BCUT2D eigenvalue weighted by Gasteiger charge is 2.31. The van der Waals surface area contributed by atoms with Crippen molar-refractivity contribution < 1.29 is 18.7 Å². The Labute approximate surface area is 136 Å². The van der Waals surface area contributed by atoms with Crippen molar-refractivity contribution in [3.8, 4) is 0 Å². The molecule has 0 N–H and O–H groups in total. The van der Waals surface area contributed by atoms with Crippen LogP contribution < -0.4 is 0 Å². The molecule has 0 spiro atoms. The minimum absolute atomic E-state index is 0.221. The fraction of sp³-hybridized carbons (Fsp3) is 0.333. The minimum Gasteiger partial charge on any atom is -0.468 e. The molecule has 7 heteroatoms. The van der Waals surface area contributed by atoms with Crippen LogP contribution in [0.5, 0.6) is 0 Å². The number of methoxy groups -OCH3 is 1. The summed E-state index contributed by atoms with van der Waals surface area (Å²) in [7, 11) is 1.35. The van der Waals surface area contributed by atoms with E-state index in [2.05, 4.69) is 0 Å². The topological polar surface area (TPSA) is 59.8 Å². The van der Waals surface area contributed by atoms with Crippen LogP contribution in [0.2, 0.25) is 5.02 Å². The highest BCUT2D eigenvalue weighted by molar-refractivity contribution is 8.00. The number of ether oxygens (including phenoxy) is 1. The van der Waals surface area contributed by atoms with Crippen molar-refractivity contribution >= 4 is 46.2 Å². The third-order valence-electron chi connectivity index (χ3n) is 3.51. The number of benzene rings is 1. The van der Waals surface area contributed by atoms with E-state index in [0.29, 0.717) is 29.4 Å². The van der Waals surface area contributed by atoms with Gasteiger partial charge in [-0.1, -0.05) is 11.6 Å². The number of furan rings is 1. The van der Waals surface area contributed by atoms with E-state index >= 15 is 0 Å². The number of halogens is 1. The molecule has 1 saturated heterocycles. The van der Waals surface area contributed by atoms with Crippen LogP contribution in [0.1, 0.15) is 10.6 Å². The Balaban J connectivity index is 1.81. The smallest absolute Gasteiger partial charge is 0.320 e. The maximum absolute atomic E-state index is 12.5. The second-order valence-electron chi connectivity index (χ2n) is 4.93. The van der Waals surface area contributed by atoms with Gasteiger partial charge in [-0.25, -0.2) is 0 Å². The molecule has 22 heavy (non-hydrogen) atoms. The Morgan fingerprint density at radius 3 is 3.00 bits per heavy atom. The molecule has 0 radical (unpaired) electrons. The predicted molar refractivity (Wildman–Crippen MR) is 85.4 cm³/mol. The van der Waals surface area contributed by atoms with Gasteiger partial charge in [0.25, 0.3) is 5.91 Å². The molecule has 1 fully saturated rings. The molecule has 1 aliphatic rings. The van der Waals surface area contributed by atoms with Crippen molar-refractivity contribution in [1.82, 2.24) is 4.90 Å². The first-order valence-electron chi connectivity index (χ1n) is 6.76. The maximum Gasteiger partial charge on any atom is 0.320 e. The van der Waals surface area contributed by atoms with E-state index < -0.39 is 0 Å². The van der Waals surface area contributed by atoms with Gasteiger partial charge in [-0.3, -0.25) is 9.59 Å². The van der Waals surface area contributed by atoms with Crippen molar-refractivity contribution in [2.45, 2.75) is 5.25 Å². The maximum atomic E-state index is 12.5. The lowest BCUT2D eigenvalue weighted by atomic mass is 10.2. The summed E-state index contributed by atoms with van der Waals surface area (Å²) in [4.78, 5) is 25.8. The molecule has 0 unspecified atom stereocenters. The summed E-state index contributed by atoms with van der Waals surface area (Å²) in [6.45, 7) is 0.906. The third-order valence-corrected chi connectivity index (χ3v) is 4.90. The van der Waals surface area contributed by atoms with Crippen LogP contribution >= 0.6 is 23.4 Å². The molecule has 1 aliphatic heterocycles. The summed E-state index contributed by atoms with van der Waals surface area (Å²) >= 11 is 7.44. The van der Waals surface area contributed by atoms with Crippen molar-refractivity contribution in [2.24, 2.45) is 0 Å². The Kier molecular flexibility index (Phi) is 4.31. The zero-order valence-corrected chi connectivity index (χ0v) is 13.4. The first kappa shape index (κ1) is 15.2. The highest BCUT2D eigenvalue weighted by Crippen LogP contribution is 2.26. The van der Waals surface area contributed by atoms with Gasteiger partial charge in [-0.2, -0.15) is 0 Å². The lowest BCUT2D eigenvalue weighted by Gasteiger charge is -2.30. The van der Waals surface area contributed by atoms with E-state index in [0.717, 1.165) is 5.39 Å². The number of hydrogen-bond acceptors (Lipinski definition) is 5. The van der Waals surface area contributed by atoms with Gasteiger partial charge in [0.15, 0.2) is 5.76 Å². The SMILES string of the molecule is COC(=O)[C@H]1CN(C(=O)c2cc3cc(Cl)ccc3o2)CCS1. The number of nitrogens with zero attached hydrogens (tertiary/aromatic N) is 1. The number of thioether (sulfide) groups is 1. The first-order valence-corrected chi connectivity index (χ1v) is 8.19. The largest absolute Gasteiger partial charge is 0.468 e. The van der Waals surface area contributed by atoms with E-state index in [-0.39, 0.29) is 22.9 Å². The summed E-state index contributed by atoms with van der Waals surface area (Å²) in [5.41, 5.74) is 0.614. The Morgan fingerprint density at radius 2 is 2.23 bits per heavy atom. The van der Waals surface area contributed by atoms with Gasteiger partial charge >= 0.3 is 5.97 Å². The number of amides is 1. The van der Waals surface area contributed by atoms with E-state index in [4.69, 9.17) is 20.8 Å². The minimum atomic E-state index is -0.346. The second-order valence-corrected chi connectivity index (χ2v) is 6.67. The molecule has 1 atom stereocenters. The molecular weight excluding hydrogens is 326 g/mol. The summed E-state index contributed by atoms with van der Waals surface area (Å²) in [6, 6.07) is 6.88. The van der Waals surface area contributed by atoms with Gasteiger partial charge in [-0.15, -0.1) is 11.8 Å². The van der Waals surface area contributed by atoms with E-state index in [1.165, 1.54) is 18.9 Å². The van der Waals surface area contributed by atoms with Crippen molar-refractivity contribution in [2.75, 3.05) is 26.0 Å². The number of hydrogen-bond donors (Lipinski definition) is 0. The zero-order valence-electron chi connectivity index (χ0n) is 11.9. The summed E-state index contributed by atoms with van der Waals surface area (Å²) in [5.74, 6) is 0.422. The molecule has 3 rings (SSSR count). The van der Waals surface area contributed by atoms with Gasteiger partial charge in [0.2, 0.25) is 0 Å². The van der Waals surface area contributed by atoms with Gasteiger partial charge < -0.3 is 14.1 Å². The average Bonchev–Trinajstić information content (AvgIpc) is 2.96. The summed E-state index contributed by atoms with van der Waals surface area (Å²) in [6.07, 6.45) is 0. The average molecular weight is 340 g/mol. The van der Waals surface area contributed by atoms with Crippen LogP contribution in [0.15, 0.2) is 28.7 Å². The molecule has 0 aliphatic carbocycles. The van der Waals surface area contributed by atoms with Gasteiger partial charge in [0.05, 0.1) is 7.11 Å². The van der Waals surface area contributed by atoms with Crippen LogP contribution in [-0.4, -0.2) is 48.0 Å². The van der Waals surface area contributed by atoms with Crippen molar-refractivity contribution in [3.63, 3.8) is 0 Å². The molecule has 116 valence electrons. The summed E-state index contributed by atoms with van der Waals surface area (Å²) < 4.78 is 10.3. The monoisotopic (exact) mass is 339 g/mol. The fourth-order valence-corrected chi connectivity index (χ4v) is 3.69. The van der Waals surface area contributed by atoms with Crippen molar-refractivity contribution in [1.29, 1.82) is 0 Å². The molecule has 1 amide bonds. The Hall–Kier alpha value is -1.66. The van der Waals surface area contributed by atoms with Crippen LogP contribution in [0.4, 0.5) is 0 Å². The highest BCUT2D eigenvalue weighted by atomic mass is 35.5. The van der Waals surface area contributed by atoms with Crippen LogP contribution in [0, 0.1) is 0 Å². The molecule has 0 bridgehead atoms. The van der Waals surface area contributed by atoms with Gasteiger partial charge in [-0.05, 0) is 24.3 Å². The van der Waals surface area contributed by atoms with Gasteiger partial charge in [0.1, 0.15) is 10.8 Å². The van der Waals surface area contributed by atoms with E-state index in [9.17, 15) is 9.59 Å². The molecule has 5 nitrogen and oxygen atoms in total. The molecular formula is C15H14ClNO4S. The Morgan fingerprint density at radius 1 is 1.41 bits per heavy atom. The number of carbonyl (C=O) groups excluding carboxylic acids is 2. The van der Waals surface area contributed by atoms with Gasteiger partial charge in [0, 0.05) is 29.3 Å². The van der Waals surface area contributed by atoms with E-state index in [1.807, 2.05) is 0 Å². The Bertz CT molecular complexity index is 729. The fourth-order valence-electron chi connectivity index (χ4n) is 2.38. The summed E-state index contributed by atoms with van der Waals surface area (Å²) in [5, 5.41) is 1.03. The number of esters is 1. The first-order chi connectivity index (χ1) is 10.6. The molecule has 0 saturated carbocycles. The van der Waals surface area contributed by atoms with Crippen molar-refractivity contribution in [3.05, 3.63) is 35.0 Å². The van der Waals surface area contributed by atoms with Crippen LogP contribution in [0.25, 0.3) is 11.0 Å². The third kappa shape index (κ3) is 2.94. The molecule has 1 aromatic heterocycles. The number of fused-ring (bicyclic) bond motifs is 1. The zero-order chi connectivity index (χ0) is 15.7.